The fourth-order valence-corrected chi connectivity index (χ4v) is 4.56. The number of ether oxygens (including phenoxy) is 3. The average Bonchev–Trinajstić information content (AvgIpc) is 3.61. The van der Waals surface area contributed by atoms with Gasteiger partial charge in [0, 0.05) is 23.1 Å². The van der Waals surface area contributed by atoms with Crippen LogP contribution in [0.15, 0.2) is 54.2 Å². The summed E-state index contributed by atoms with van der Waals surface area (Å²) < 4.78 is 18.2. The molecule has 1 unspecified atom stereocenters. The highest BCUT2D eigenvalue weighted by Crippen LogP contribution is 2.44. The van der Waals surface area contributed by atoms with Gasteiger partial charge in [-0.25, -0.2) is 4.68 Å². The number of hydrogen-bond acceptors (Lipinski definition) is 8. The summed E-state index contributed by atoms with van der Waals surface area (Å²) in [5.41, 5.74) is 2.61. The van der Waals surface area contributed by atoms with Crippen LogP contribution in [0.2, 0.25) is 0 Å². The van der Waals surface area contributed by atoms with Crippen LogP contribution in [0.5, 0.6) is 17.2 Å². The van der Waals surface area contributed by atoms with Crippen molar-refractivity contribution in [1.29, 1.82) is 0 Å². The Balaban J connectivity index is 1.84. The first-order valence-corrected chi connectivity index (χ1v) is 11.3. The molecular weight excluding hydrogens is 454 g/mol. The predicted molar refractivity (Wildman–Crippen MR) is 129 cm³/mol. The Morgan fingerprint density at radius 3 is 2.47 bits per heavy atom. The molecule has 0 aliphatic rings. The summed E-state index contributed by atoms with van der Waals surface area (Å²) in [4.78, 5) is 16.4. The number of tetrazole rings is 1. The number of hydrogen-bond donors (Lipinski definition) is 0. The maximum atomic E-state index is 13.6. The van der Waals surface area contributed by atoms with Gasteiger partial charge in [-0.3, -0.25) is 4.79 Å². The van der Waals surface area contributed by atoms with Crippen LogP contribution in [0.3, 0.4) is 0 Å². The van der Waals surface area contributed by atoms with Crippen LogP contribution >= 0.6 is 11.3 Å². The summed E-state index contributed by atoms with van der Waals surface area (Å²) in [5, 5.41) is 13.5. The molecule has 0 aliphatic carbocycles. The van der Waals surface area contributed by atoms with E-state index in [4.69, 9.17) is 14.2 Å². The van der Waals surface area contributed by atoms with Crippen molar-refractivity contribution in [3.63, 3.8) is 0 Å². The molecule has 0 spiro atoms. The van der Waals surface area contributed by atoms with Crippen LogP contribution in [0.4, 0.5) is 0 Å². The largest absolute Gasteiger partial charge is 0.493 e. The summed E-state index contributed by atoms with van der Waals surface area (Å²) >= 11 is 1.62. The van der Waals surface area contributed by atoms with Gasteiger partial charge in [-0.15, -0.1) is 16.4 Å². The van der Waals surface area contributed by atoms with Crippen molar-refractivity contribution >= 4 is 17.2 Å². The van der Waals surface area contributed by atoms with Gasteiger partial charge in [0.2, 0.25) is 5.75 Å². The topological polar surface area (TPSA) is 91.6 Å². The molecule has 2 aromatic carbocycles. The Hall–Kier alpha value is -3.92. The van der Waals surface area contributed by atoms with Crippen LogP contribution in [0.1, 0.15) is 28.2 Å². The van der Waals surface area contributed by atoms with Gasteiger partial charge >= 0.3 is 0 Å². The van der Waals surface area contributed by atoms with Gasteiger partial charge < -0.3 is 19.1 Å². The Morgan fingerprint density at radius 2 is 1.85 bits per heavy atom. The molecule has 2 aromatic heterocycles. The minimum Gasteiger partial charge on any atom is -0.493 e. The second-order valence-electron chi connectivity index (χ2n) is 7.51. The van der Waals surface area contributed by atoms with Gasteiger partial charge in [-0.1, -0.05) is 6.07 Å². The SMILES string of the molecule is COc1ccc(-c2cc(C(=O)N(C)C(C)c3cccs3)cc(-n3cnnn3)c2)c(OC)c1OC. The number of amides is 1. The Bertz CT molecular complexity index is 1280. The Kier molecular flexibility index (Phi) is 6.78. The highest BCUT2D eigenvalue weighted by Gasteiger charge is 2.23. The lowest BCUT2D eigenvalue weighted by molar-refractivity contribution is 0.0745. The molecule has 0 aliphatic heterocycles. The molecule has 0 saturated carbocycles. The average molecular weight is 480 g/mol. The summed E-state index contributed by atoms with van der Waals surface area (Å²) in [6, 6.07) is 13.1. The Morgan fingerprint density at radius 1 is 1.06 bits per heavy atom. The third-order valence-corrected chi connectivity index (χ3v) is 6.69. The highest BCUT2D eigenvalue weighted by molar-refractivity contribution is 7.10. The molecule has 9 nitrogen and oxygen atoms in total. The molecule has 176 valence electrons. The zero-order valence-electron chi connectivity index (χ0n) is 19.6. The minimum absolute atomic E-state index is 0.0803. The fourth-order valence-electron chi connectivity index (χ4n) is 3.73. The monoisotopic (exact) mass is 479 g/mol. The van der Waals surface area contributed by atoms with E-state index in [1.807, 2.05) is 42.6 Å². The molecule has 0 fully saturated rings. The third-order valence-electron chi connectivity index (χ3n) is 5.65. The van der Waals surface area contributed by atoms with E-state index in [0.29, 0.717) is 28.5 Å². The zero-order chi connectivity index (χ0) is 24.2. The standard InChI is InChI=1S/C24H25N5O4S/c1-15(21-7-6-10-34-21)28(2)24(30)17-11-16(12-18(13-17)29-14-25-26-27-29)19-8-9-20(31-3)23(33-5)22(19)32-4/h6-15H,1-5H3. The maximum Gasteiger partial charge on any atom is 0.254 e. The summed E-state index contributed by atoms with van der Waals surface area (Å²) in [6.45, 7) is 2.01. The second kappa shape index (κ2) is 9.92. The quantitative estimate of drug-likeness (QED) is 0.373. The van der Waals surface area contributed by atoms with Gasteiger partial charge in [-0.2, -0.15) is 0 Å². The highest BCUT2D eigenvalue weighted by atomic mass is 32.1. The van der Waals surface area contributed by atoms with E-state index in [9.17, 15) is 4.79 Å². The van der Waals surface area contributed by atoms with Crippen molar-refractivity contribution in [2.75, 3.05) is 28.4 Å². The van der Waals surface area contributed by atoms with E-state index in [-0.39, 0.29) is 11.9 Å². The summed E-state index contributed by atoms with van der Waals surface area (Å²) in [6.07, 6.45) is 1.48. The van der Waals surface area contributed by atoms with Gasteiger partial charge in [0.1, 0.15) is 6.33 Å². The first kappa shape index (κ1) is 23.2. The van der Waals surface area contributed by atoms with Crippen LogP contribution < -0.4 is 14.2 Å². The summed E-state index contributed by atoms with van der Waals surface area (Å²) in [7, 11) is 6.48. The van der Waals surface area contributed by atoms with Crippen LogP contribution in [0, 0.1) is 0 Å². The Labute approximate surface area is 201 Å². The number of aromatic nitrogens is 4. The molecule has 34 heavy (non-hydrogen) atoms. The first-order valence-electron chi connectivity index (χ1n) is 10.5. The lowest BCUT2D eigenvalue weighted by Crippen LogP contribution is -2.29. The molecular formula is C24H25N5O4S. The molecule has 4 rings (SSSR count). The molecule has 0 saturated heterocycles. The second-order valence-corrected chi connectivity index (χ2v) is 8.49. The molecule has 0 bridgehead atoms. The molecule has 1 atom stereocenters. The van der Waals surface area contributed by atoms with Gasteiger partial charge in [-0.05, 0) is 64.7 Å². The van der Waals surface area contributed by atoms with E-state index in [2.05, 4.69) is 15.5 Å². The smallest absolute Gasteiger partial charge is 0.254 e. The van der Waals surface area contributed by atoms with Crippen molar-refractivity contribution in [2.45, 2.75) is 13.0 Å². The van der Waals surface area contributed by atoms with E-state index in [1.165, 1.54) is 11.0 Å². The normalized spacial score (nSPS) is 11.7. The van der Waals surface area contributed by atoms with Gasteiger partial charge in [0.25, 0.3) is 5.91 Å². The number of rotatable bonds is 8. The lowest BCUT2D eigenvalue weighted by atomic mass is 9.99. The molecule has 4 aromatic rings. The van der Waals surface area contributed by atoms with Crippen molar-refractivity contribution in [1.82, 2.24) is 25.1 Å². The molecule has 0 radical (unpaired) electrons. The minimum atomic E-state index is -0.128. The number of benzene rings is 2. The summed E-state index contributed by atoms with van der Waals surface area (Å²) in [5.74, 6) is 1.37. The molecule has 1 amide bonds. The number of methoxy groups -OCH3 is 3. The van der Waals surface area contributed by atoms with Crippen molar-refractivity contribution in [3.05, 3.63) is 64.6 Å². The van der Waals surface area contributed by atoms with Crippen LogP contribution in [0.25, 0.3) is 16.8 Å². The van der Waals surface area contributed by atoms with Crippen molar-refractivity contribution in [2.24, 2.45) is 0 Å². The maximum absolute atomic E-state index is 13.6. The fraction of sp³-hybridized carbons (Fsp3) is 0.250. The van der Waals surface area contributed by atoms with Crippen molar-refractivity contribution in [3.8, 4) is 34.1 Å². The number of carbonyl (C=O) groups is 1. The lowest BCUT2D eigenvalue weighted by Gasteiger charge is -2.25. The van der Waals surface area contributed by atoms with Gasteiger partial charge in [0.15, 0.2) is 11.5 Å². The molecule has 2 heterocycles. The van der Waals surface area contributed by atoms with Gasteiger partial charge in [0.05, 0.1) is 33.1 Å². The third kappa shape index (κ3) is 4.32. The molecule has 10 heteroatoms. The molecule has 0 N–H and O–H groups in total. The number of carbonyl (C=O) groups excluding carboxylic acids is 1. The zero-order valence-corrected chi connectivity index (χ0v) is 20.4. The van der Waals surface area contributed by atoms with E-state index < -0.39 is 0 Å². The van der Waals surface area contributed by atoms with Crippen LogP contribution in [-0.4, -0.2) is 59.4 Å². The van der Waals surface area contributed by atoms with E-state index in [0.717, 1.165) is 16.0 Å². The number of nitrogens with zero attached hydrogens (tertiary/aromatic N) is 5. The van der Waals surface area contributed by atoms with Crippen LogP contribution in [-0.2, 0) is 0 Å². The number of thiophene rings is 1. The predicted octanol–water partition coefficient (Wildman–Crippen LogP) is 4.25. The van der Waals surface area contributed by atoms with E-state index in [1.54, 1.807) is 56.7 Å². The van der Waals surface area contributed by atoms with E-state index >= 15 is 0 Å². The van der Waals surface area contributed by atoms with Crippen molar-refractivity contribution < 1.29 is 19.0 Å². The first-order chi connectivity index (χ1) is 16.5.